The van der Waals surface area contributed by atoms with Gasteiger partial charge in [0.15, 0.2) is 11.5 Å². The van der Waals surface area contributed by atoms with Gasteiger partial charge in [-0.05, 0) is 38.3 Å². The van der Waals surface area contributed by atoms with E-state index < -0.39 is 19.5 Å². The second-order valence-corrected chi connectivity index (χ2v) is 16.1. The number of phosphoric ester groups is 1. The first-order valence-corrected chi connectivity index (χ1v) is 21.5. The highest BCUT2D eigenvalue weighted by molar-refractivity contribution is 7.47. The van der Waals surface area contributed by atoms with E-state index in [1.54, 1.807) is 4.52 Å². The zero-order valence-corrected chi connectivity index (χ0v) is 33.3. The van der Waals surface area contributed by atoms with Gasteiger partial charge in [0.05, 0.1) is 55.8 Å². The van der Waals surface area contributed by atoms with Crippen molar-refractivity contribution in [3.05, 3.63) is 47.9 Å². The Labute approximate surface area is 321 Å². The van der Waals surface area contributed by atoms with Crippen LogP contribution in [0.15, 0.2) is 30.9 Å². The Morgan fingerprint density at radius 1 is 0.963 bits per heavy atom. The average Bonchev–Trinajstić information content (AvgIpc) is 3.79. The SMILES string of the molecule is CCCCCCCCCCCCCCCCCCOC[C@@H](COP(=O)(O)OC[C@]1(C)CC[C@H](c2ccc3c(N)ncnn23)O1)OCc1cnc(C#N)cn1. The molecule has 300 valence electrons. The molecule has 14 nitrogen and oxygen atoms in total. The molecule has 4 rings (SSSR count). The van der Waals surface area contributed by atoms with Crippen LogP contribution in [0.4, 0.5) is 5.82 Å². The van der Waals surface area contributed by atoms with Crippen molar-refractivity contribution in [3.63, 3.8) is 0 Å². The van der Waals surface area contributed by atoms with E-state index in [1.165, 1.54) is 109 Å². The number of phosphoric acid groups is 1. The van der Waals surface area contributed by atoms with Crippen LogP contribution in [0.25, 0.3) is 5.52 Å². The first-order valence-electron chi connectivity index (χ1n) is 20.0. The van der Waals surface area contributed by atoms with Crippen LogP contribution in [0.1, 0.15) is 153 Å². The standard InChI is InChI=1S/C39H62N7O7P/c1-3-4-5-6-7-8-9-10-11-12-13-14-15-16-17-18-23-49-28-34(50-27-33-26-42-32(24-40)25-43-33)29-51-54(47,48)52-30-39(2)22-21-37(53-39)35-19-20-36-38(41)44-31-45-46(35)36/h19-20,25-26,31,34,37H,3-18,21-23,27-30H2,1-2H3,(H,47,48)(H2,41,44,45)/t34-,37+,39-/m0/s1. The minimum absolute atomic E-state index is 0.0595. The van der Waals surface area contributed by atoms with E-state index >= 15 is 0 Å². The van der Waals surface area contributed by atoms with Gasteiger partial charge in [-0.1, -0.05) is 103 Å². The van der Waals surface area contributed by atoms with E-state index in [0.29, 0.717) is 36.5 Å². The Balaban J connectivity index is 1.12. The number of nitriles is 1. The first-order chi connectivity index (χ1) is 26.2. The van der Waals surface area contributed by atoms with Crippen LogP contribution >= 0.6 is 7.82 Å². The van der Waals surface area contributed by atoms with Gasteiger partial charge in [-0.3, -0.25) is 14.0 Å². The number of ether oxygens (including phenoxy) is 3. The molecule has 54 heavy (non-hydrogen) atoms. The lowest BCUT2D eigenvalue weighted by Gasteiger charge is -2.26. The van der Waals surface area contributed by atoms with Crippen molar-refractivity contribution in [2.24, 2.45) is 0 Å². The Morgan fingerprint density at radius 3 is 2.26 bits per heavy atom. The van der Waals surface area contributed by atoms with E-state index in [2.05, 4.69) is 27.0 Å². The number of nitrogens with zero attached hydrogens (tertiary/aromatic N) is 6. The highest BCUT2D eigenvalue weighted by Gasteiger charge is 2.40. The van der Waals surface area contributed by atoms with Gasteiger partial charge >= 0.3 is 7.82 Å². The summed E-state index contributed by atoms with van der Waals surface area (Å²) in [4.78, 5) is 22.8. The normalized spacial score (nSPS) is 18.9. The number of unbranched alkanes of at least 4 members (excludes halogenated alkanes) is 15. The van der Waals surface area contributed by atoms with Crippen molar-refractivity contribution in [1.29, 1.82) is 5.26 Å². The van der Waals surface area contributed by atoms with Gasteiger partial charge in [-0.25, -0.2) is 19.0 Å². The Kier molecular flexibility index (Phi) is 19.3. The maximum atomic E-state index is 13.0. The van der Waals surface area contributed by atoms with Gasteiger partial charge in [-0.2, -0.15) is 10.4 Å². The molecular formula is C39H62N7O7P. The van der Waals surface area contributed by atoms with Gasteiger partial charge in [-0.15, -0.1) is 0 Å². The fourth-order valence-corrected chi connectivity index (χ4v) is 7.53. The molecule has 0 amide bonds. The smallest absolute Gasteiger partial charge is 0.382 e. The number of rotatable bonds is 29. The van der Waals surface area contributed by atoms with E-state index in [-0.39, 0.29) is 38.2 Å². The molecule has 1 saturated heterocycles. The molecule has 0 saturated carbocycles. The zero-order chi connectivity index (χ0) is 38.5. The number of aromatic nitrogens is 5. The lowest BCUT2D eigenvalue weighted by Crippen LogP contribution is -2.30. The summed E-state index contributed by atoms with van der Waals surface area (Å²) in [7, 11) is -4.47. The molecule has 1 aliphatic rings. The second kappa shape index (κ2) is 23.8. The Morgan fingerprint density at radius 2 is 1.63 bits per heavy atom. The summed E-state index contributed by atoms with van der Waals surface area (Å²) in [5.74, 6) is 0.372. The lowest BCUT2D eigenvalue weighted by atomic mass is 10.0. The highest BCUT2D eigenvalue weighted by Crippen LogP contribution is 2.47. The summed E-state index contributed by atoms with van der Waals surface area (Å²) < 4.78 is 43.7. The van der Waals surface area contributed by atoms with E-state index in [0.717, 1.165) is 18.5 Å². The highest BCUT2D eigenvalue weighted by atomic mass is 31.2. The van der Waals surface area contributed by atoms with Gasteiger partial charge in [0, 0.05) is 6.61 Å². The second-order valence-electron chi connectivity index (χ2n) is 14.6. The largest absolute Gasteiger partial charge is 0.472 e. The van der Waals surface area contributed by atoms with E-state index in [1.807, 2.05) is 25.1 Å². The molecule has 0 aromatic carbocycles. The van der Waals surface area contributed by atoms with Crippen LogP contribution < -0.4 is 5.73 Å². The van der Waals surface area contributed by atoms with Crippen molar-refractivity contribution in [2.75, 3.05) is 32.2 Å². The molecule has 3 N–H and O–H groups in total. The summed E-state index contributed by atoms with van der Waals surface area (Å²) in [6, 6.07) is 5.67. The number of hydrogen-bond donors (Lipinski definition) is 2. The van der Waals surface area contributed by atoms with Crippen LogP contribution in [0.3, 0.4) is 0 Å². The fourth-order valence-electron chi connectivity index (χ4n) is 6.66. The molecule has 0 bridgehead atoms. The average molecular weight is 772 g/mol. The van der Waals surface area contributed by atoms with E-state index in [4.69, 9.17) is 34.3 Å². The van der Waals surface area contributed by atoms with Crippen molar-refractivity contribution >= 4 is 19.2 Å². The Bertz CT molecular complexity index is 1590. The third kappa shape index (κ3) is 15.6. The van der Waals surface area contributed by atoms with Crippen LogP contribution in [-0.2, 0) is 34.4 Å². The molecule has 0 spiro atoms. The molecule has 1 fully saturated rings. The van der Waals surface area contributed by atoms with Crippen LogP contribution in [0, 0.1) is 11.3 Å². The zero-order valence-electron chi connectivity index (χ0n) is 32.4. The molecule has 15 heteroatoms. The molecular weight excluding hydrogens is 709 g/mol. The van der Waals surface area contributed by atoms with Crippen molar-refractivity contribution in [1.82, 2.24) is 24.6 Å². The van der Waals surface area contributed by atoms with Crippen molar-refractivity contribution < 1.29 is 32.7 Å². The summed E-state index contributed by atoms with van der Waals surface area (Å²) in [5, 5.41) is 13.3. The third-order valence-corrected chi connectivity index (χ3v) is 10.8. The fraction of sp³-hybridized carbons (Fsp3) is 0.718. The van der Waals surface area contributed by atoms with Crippen molar-refractivity contribution in [2.45, 2.75) is 154 Å². The molecule has 4 heterocycles. The van der Waals surface area contributed by atoms with Gasteiger partial charge in [0.2, 0.25) is 0 Å². The van der Waals surface area contributed by atoms with Gasteiger partial charge in [0.25, 0.3) is 0 Å². The number of hydrogen-bond acceptors (Lipinski definition) is 12. The molecule has 3 aromatic heterocycles. The third-order valence-electron chi connectivity index (χ3n) is 9.89. The van der Waals surface area contributed by atoms with Crippen LogP contribution in [-0.4, -0.2) is 67.6 Å². The predicted octanol–water partition coefficient (Wildman–Crippen LogP) is 8.58. The van der Waals surface area contributed by atoms with Crippen LogP contribution in [0.5, 0.6) is 0 Å². The molecule has 0 radical (unpaired) electrons. The first kappa shape index (κ1) is 43.7. The number of nitrogen functional groups attached to an aromatic ring is 1. The maximum absolute atomic E-state index is 13.0. The summed E-state index contributed by atoms with van der Waals surface area (Å²) >= 11 is 0. The maximum Gasteiger partial charge on any atom is 0.472 e. The molecule has 1 unspecified atom stereocenters. The van der Waals surface area contributed by atoms with E-state index in [9.17, 15) is 9.46 Å². The van der Waals surface area contributed by atoms with Crippen molar-refractivity contribution in [3.8, 4) is 6.07 Å². The number of nitrogens with two attached hydrogens (primary N) is 1. The molecule has 0 aliphatic carbocycles. The predicted molar refractivity (Wildman–Crippen MR) is 206 cm³/mol. The van der Waals surface area contributed by atoms with Gasteiger partial charge < -0.3 is 24.8 Å². The molecule has 1 aliphatic heterocycles. The minimum Gasteiger partial charge on any atom is -0.382 e. The lowest BCUT2D eigenvalue weighted by molar-refractivity contribution is -0.0712. The topological polar surface area (TPSA) is 189 Å². The van der Waals surface area contributed by atoms with Crippen LogP contribution in [0.2, 0.25) is 0 Å². The summed E-state index contributed by atoms with van der Waals surface area (Å²) in [6.45, 7) is 4.48. The Hall–Kier alpha value is -3.02. The quantitative estimate of drug-likeness (QED) is 0.0505. The minimum atomic E-state index is -4.47. The molecule has 3 aromatic rings. The monoisotopic (exact) mass is 771 g/mol. The summed E-state index contributed by atoms with van der Waals surface area (Å²) in [5.41, 5.74) is 7.36. The summed E-state index contributed by atoms with van der Waals surface area (Å²) in [6.07, 6.45) is 25.3. The van der Waals surface area contributed by atoms with Gasteiger partial charge in [0.1, 0.15) is 30.1 Å². The number of anilines is 1. The molecule has 4 atom stereocenters. The number of fused-ring (bicyclic) bond motifs is 1.